The van der Waals surface area contributed by atoms with Gasteiger partial charge in [-0.15, -0.1) is 0 Å². The van der Waals surface area contributed by atoms with Gasteiger partial charge in [0.25, 0.3) is 0 Å². The van der Waals surface area contributed by atoms with Gasteiger partial charge >= 0.3 is 0 Å². The molecule has 0 atom stereocenters. The van der Waals surface area contributed by atoms with Crippen LogP contribution in [0, 0.1) is 0 Å². The maximum Gasteiger partial charge on any atom is 0.0421 e. The molecule has 0 aliphatic heterocycles. The molecular weight excluding hydrogens is 184 g/mol. The number of nitrogens with two attached hydrogens (primary N) is 1. The molecule has 3 N–H and O–H groups in total. The van der Waals surface area contributed by atoms with Crippen molar-refractivity contribution in [3.63, 3.8) is 0 Å². The summed E-state index contributed by atoms with van der Waals surface area (Å²) in [5, 5.41) is 3.32. The van der Waals surface area contributed by atoms with Crippen LogP contribution in [0.15, 0.2) is 54.6 Å². The van der Waals surface area contributed by atoms with Gasteiger partial charge in [-0.3, -0.25) is 0 Å². The predicted octanol–water partition coefficient (Wildman–Crippen LogP) is 2.88. The second-order valence-corrected chi connectivity index (χ2v) is 3.42. The summed E-state index contributed by atoms with van der Waals surface area (Å²) in [6.45, 7) is 0.761. The molecule has 0 saturated carbocycles. The van der Waals surface area contributed by atoms with Crippen LogP contribution in [-0.4, -0.2) is 0 Å². The highest BCUT2D eigenvalue weighted by molar-refractivity contribution is 5.50. The SMILES string of the molecule is Nc1ccccc1CNc1ccccc1. The Morgan fingerprint density at radius 3 is 2.27 bits per heavy atom. The molecule has 0 aliphatic carbocycles. The molecule has 2 aromatic carbocycles. The first-order valence-electron chi connectivity index (χ1n) is 4.98. The average Bonchev–Trinajstić information content (AvgIpc) is 2.29. The topological polar surface area (TPSA) is 38.0 Å². The van der Waals surface area contributed by atoms with E-state index in [1.165, 1.54) is 0 Å². The summed E-state index contributed by atoms with van der Waals surface area (Å²) in [4.78, 5) is 0. The van der Waals surface area contributed by atoms with Gasteiger partial charge in [0.05, 0.1) is 0 Å². The molecule has 0 unspecified atom stereocenters. The number of hydrogen-bond donors (Lipinski definition) is 2. The summed E-state index contributed by atoms with van der Waals surface area (Å²) in [7, 11) is 0. The fourth-order valence-corrected chi connectivity index (χ4v) is 1.45. The zero-order chi connectivity index (χ0) is 10.5. The lowest BCUT2D eigenvalue weighted by molar-refractivity contribution is 1.15. The maximum atomic E-state index is 5.84. The van der Waals surface area contributed by atoms with E-state index in [0.29, 0.717) is 0 Å². The standard InChI is InChI=1S/C13H14N2/c14-13-9-5-4-6-11(13)10-15-12-7-2-1-3-8-12/h1-9,15H,10,14H2. The first-order chi connectivity index (χ1) is 7.36. The molecule has 0 amide bonds. The minimum absolute atomic E-state index is 0.761. The molecule has 2 nitrogen and oxygen atoms in total. The molecule has 76 valence electrons. The van der Waals surface area contributed by atoms with Crippen molar-refractivity contribution in [2.75, 3.05) is 11.1 Å². The van der Waals surface area contributed by atoms with Crippen molar-refractivity contribution in [2.45, 2.75) is 6.54 Å². The van der Waals surface area contributed by atoms with Crippen LogP contribution in [0.2, 0.25) is 0 Å². The van der Waals surface area contributed by atoms with Gasteiger partial charge in [0.15, 0.2) is 0 Å². The van der Waals surface area contributed by atoms with Crippen LogP contribution in [0.4, 0.5) is 11.4 Å². The predicted molar refractivity (Wildman–Crippen MR) is 64.6 cm³/mol. The normalized spacial score (nSPS) is 9.87. The zero-order valence-electron chi connectivity index (χ0n) is 8.48. The monoisotopic (exact) mass is 198 g/mol. The van der Waals surface area contributed by atoms with Crippen molar-refractivity contribution in [1.82, 2.24) is 0 Å². The lowest BCUT2D eigenvalue weighted by Crippen LogP contribution is -2.02. The first-order valence-corrected chi connectivity index (χ1v) is 4.98. The lowest BCUT2D eigenvalue weighted by Gasteiger charge is -2.08. The molecule has 2 heteroatoms. The fraction of sp³-hybridized carbons (Fsp3) is 0.0769. The summed E-state index contributed by atoms with van der Waals surface area (Å²) < 4.78 is 0. The smallest absolute Gasteiger partial charge is 0.0421 e. The van der Waals surface area contributed by atoms with Gasteiger partial charge in [0, 0.05) is 17.9 Å². The third-order valence-corrected chi connectivity index (χ3v) is 2.31. The number of nitrogen functional groups attached to an aromatic ring is 1. The molecule has 0 saturated heterocycles. The molecule has 0 spiro atoms. The van der Waals surface area contributed by atoms with Gasteiger partial charge in [-0.05, 0) is 23.8 Å². The van der Waals surface area contributed by atoms with Crippen LogP contribution >= 0.6 is 0 Å². The largest absolute Gasteiger partial charge is 0.398 e. The molecule has 15 heavy (non-hydrogen) atoms. The minimum atomic E-state index is 0.761. The molecular formula is C13H14N2. The Bertz CT molecular complexity index is 424. The molecule has 0 heterocycles. The fourth-order valence-electron chi connectivity index (χ4n) is 1.45. The number of benzene rings is 2. The lowest BCUT2D eigenvalue weighted by atomic mass is 10.2. The molecule has 2 rings (SSSR count). The van der Waals surface area contributed by atoms with Gasteiger partial charge < -0.3 is 11.1 Å². The number of rotatable bonds is 3. The van der Waals surface area contributed by atoms with Crippen LogP contribution in [0.1, 0.15) is 5.56 Å². The molecule has 0 aliphatic rings. The molecule has 2 aromatic rings. The summed E-state index contributed by atoms with van der Waals surface area (Å²) in [6, 6.07) is 18.0. The summed E-state index contributed by atoms with van der Waals surface area (Å²) in [6.07, 6.45) is 0. The van der Waals surface area contributed by atoms with E-state index in [1.807, 2.05) is 54.6 Å². The Morgan fingerprint density at radius 1 is 0.867 bits per heavy atom. The van der Waals surface area contributed by atoms with Crippen LogP contribution in [-0.2, 0) is 6.54 Å². The Labute approximate surface area is 89.7 Å². The number of para-hydroxylation sites is 2. The Balaban J connectivity index is 2.03. The zero-order valence-corrected chi connectivity index (χ0v) is 8.48. The molecule has 0 aromatic heterocycles. The third kappa shape index (κ3) is 2.50. The Kier molecular flexibility index (Phi) is 2.88. The third-order valence-electron chi connectivity index (χ3n) is 2.31. The highest BCUT2D eigenvalue weighted by Crippen LogP contribution is 2.13. The quantitative estimate of drug-likeness (QED) is 0.744. The van der Waals surface area contributed by atoms with Gasteiger partial charge in [0.1, 0.15) is 0 Å². The van der Waals surface area contributed by atoms with Crippen molar-refractivity contribution in [3.05, 3.63) is 60.2 Å². The van der Waals surface area contributed by atoms with E-state index < -0.39 is 0 Å². The highest BCUT2D eigenvalue weighted by atomic mass is 14.9. The van der Waals surface area contributed by atoms with E-state index in [9.17, 15) is 0 Å². The maximum absolute atomic E-state index is 5.84. The Morgan fingerprint density at radius 2 is 1.53 bits per heavy atom. The van der Waals surface area contributed by atoms with Crippen molar-refractivity contribution in [3.8, 4) is 0 Å². The Hall–Kier alpha value is -1.96. The average molecular weight is 198 g/mol. The second kappa shape index (κ2) is 4.51. The summed E-state index contributed by atoms with van der Waals surface area (Å²) >= 11 is 0. The molecule has 0 radical (unpaired) electrons. The summed E-state index contributed by atoms with van der Waals surface area (Å²) in [5.41, 5.74) is 8.92. The van der Waals surface area contributed by atoms with Crippen molar-refractivity contribution in [1.29, 1.82) is 0 Å². The number of hydrogen-bond acceptors (Lipinski definition) is 2. The number of anilines is 2. The van der Waals surface area contributed by atoms with Crippen molar-refractivity contribution in [2.24, 2.45) is 0 Å². The van der Waals surface area contributed by atoms with Crippen LogP contribution in [0.5, 0.6) is 0 Å². The van der Waals surface area contributed by atoms with E-state index in [0.717, 1.165) is 23.5 Å². The van der Waals surface area contributed by atoms with E-state index in [1.54, 1.807) is 0 Å². The van der Waals surface area contributed by atoms with Crippen molar-refractivity contribution >= 4 is 11.4 Å². The van der Waals surface area contributed by atoms with Gasteiger partial charge in [-0.25, -0.2) is 0 Å². The summed E-state index contributed by atoms with van der Waals surface area (Å²) in [5.74, 6) is 0. The van der Waals surface area contributed by atoms with Gasteiger partial charge in [-0.1, -0.05) is 36.4 Å². The van der Waals surface area contributed by atoms with Gasteiger partial charge in [-0.2, -0.15) is 0 Å². The van der Waals surface area contributed by atoms with Crippen LogP contribution in [0.25, 0.3) is 0 Å². The van der Waals surface area contributed by atoms with Crippen LogP contribution in [0.3, 0.4) is 0 Å². The second-order valence-electron chi connectivity index (χ2n) is 3.42. The highest BCUT2D eigenvalue weighted by Gasteiger charge is 1.96. The van der Waals surface area contributed by atoms with E-state index in [4.69, 9.17) is 5.73 Å². The molecule has 0 bridgehead atoms. The molecule has 0 fully saturated rings. The van der Waals surface area contributed by atoms with Gasteiger partial charge in [0.2, 0.25) is 0 Å². The van der Waals surface area contributed by atoms with E-state index in [2.05, 4.69) is 5.32 Å². The van der Waals surface area contributed by atoms with E-state index >= 15 is 0 Å². The van der Waals surface area contributed by atoms with E-state index in [-0.39, 0.29) is 0 Å². The van der Waals surface area contributed by atoms with Crippen molar-refractivity contribution < 1.29 is 0 Å². The van der Waals surface area contributed by atoms with Crippen LogP contribution < -0.4 is 11.1 Å². The minimum Gasteiger partial charge on any atom is -0.398 e. The number of nitrogens with one attached hydrogen (secondary N) is 1. The first kappa shape index (κ1) is 9.59.